The minimum Gasteiger partial charge on any atom is -0.493 e. The molecule has 2 atom stereocenters. The number of aromatic nitrogens is 1. The third-order valence-electron chi connectivity index (χ3n) is 5.58. The number of likely N-dealkylation sites (N-methyl/N-ethyl adjacent to an activating group) is 1. The smallest absolute Gasteiger partial charge is 0.222 e. The van der Waals surface area contributed by atoms with Gasteiger partial charge in [-0.05, 0) is 44.5 Å². The number of hydrogen-bond acceptors (Lipinski definition) is 3. The maximum absolute atomic E-state index is 13.3. The molecule has 0 saturated heterocycles. The highest BCUT2D eigenvalue weighted by molar-refractivity contribution is 6.10. The number of para-hydroxylation sites is 1. The van der Waals surface area contributed by atoms with Crippen LogP contribution in [0.1, 0.15) is 34.1 Å². The van der Waals surface area contributed by atoms with Gasteiger partial charge in [-0.15, -0.1) is 0 Å². The van der Waals surface area contributed by atoms with Crippen LogP contribution in [0.5, 0.6) is 11.5 Å². The minimum atomic E-state index is -0.176. The van der Waals surface area contributed by atoms with Crippen molar-refractivity contribution in [3.8, 4) is 11.5 Å². The SMILES string of the molecule is COc1cc(C)c(C[NH+](C)[C@@H](C)C(=O)c2c(C)[nH]c3ccccc23)cc1OC. The highest BCUT2D eigenvalue weighted by Crippen LogP contribution is 2.30. The predicted octanol–water partition coefficient (Wildman–Crippen LogP) is 3.09. The lowest BCUT2D eigenvalue weighted by Gasteiger charge is -2.22. The van der Waals surface area contributed by atoms with Crippen molar-refractivity contribution in [2.45, 2.75) is 33.4 Å². The second-order valence-electron chi connectivity index (χ2n) is 7.41. The highest BCUT2D eigenvalue weighted by atomic mass is 16.5. The molecule has 3 rings (SSSR count). The zero-order valence-corrected chi connectivity index (χ0v) is 17.5. The van der Waals surface area contributed by atoms with Crippen molar-refractivity contribution in [1.82, 2.24) is 4.98 Å². The Hall–Kier alpha value is -2.79. The number of fused-ring (bicyclic) bond motifs is 1. The fourth-order valence-corrected chi connectivity index (χ4v) is 3.70. The van der Waals surface area contributed by atoms with Crippen LogP contribution >= 0.6 is 0 Å². The average molecular weight is 381 g/mol. The standard InChI is InChI=1S/C23H28N2O3/c1-14-11-20(27-5)21(28-6)12-17(14)13-25(4)16(3)23(26)22-15(2)24-19-10-8-7-9-18(19)22/h7-12,16,24H,13H2,1-6H3/p+1/t16-/m0/s1. The number of ether oxygens (including phenoxy) is 2. The van der Waals surface area contributed by atoms with Crippen LogP contribution in [0.25, 0.3) is 10.9 Å². The second-order valence-corrected chi connectivity index (χ2v) is 7.41. The van der Waals surface area contributed by atoms with Crippen LogP contribution in [0.3, 0.4) is 0 Å². The molecular formula is C23H29N2O3+. The predicted molar refractivity (Wildman–Crippen MR) is 112 cm³/mol. The highest BCUT2D eigenvalue weighted by Gasteiger charge is 2.28. The van der Waals surface area contributed by atoms with Crippen LogP contribution in [-0.4, -0.2) is 38.1 Å². The van der Waals surface area contributed by atoms with Gasteiger partial charge in [0.2, 0.25) is 5.78 Å². The molecule has 2 N–H and O–H groups in total. The first-order chi connectivity index (χ1) is 13.4. The molecule has 5 heteroatoms. The summed E-state index contributed by atoms with van der Waals surface area (Å²) in [5.41, 5.74) is 4.99. The van der Waals surface area contributed by atoms with Crippen LogP contribution in [0.15, 0.2) is 36.4 Å². The van der Waals surface area contributed by atoms with E-state index in [1.54, 1.807) is 14.2 Å². The number of ketones is 1. The van der Waals surface area contributed by atoms with Gasteiger partial charge < -0.3 is 19.4 Å². The normalized spacial score (nSPS) is 13.4. The Bertz CT molecular complexity index is 1010. The van der Waals surface area contributed by atoms with E-state index in [2.05, 4.69) is 19.0 Å². The van der Waals surface area contributed by atoms with Gasteiger partial charge in [0.25, 0.3) is 0 Å². The summed E-state index contributed by atoms with van der Waals surface area (Å²) in [5.74, 6) is 1.59. The minimum absolute atomic E-state index is 0.158. The van der Waals surface area contributed by atoms with Crippen LogP contribution < -0.4 is 14.4 Å². The summed E-state index contributed by atoms with van der Waals surface area (Å²) in [5, 5.41) is 0.993. The number of benzene rings is 2. The van der Waals surface area contributed by atoms with E-state index in [9.17, 15) is 4.79 Å². The van der Waals surface area contributed by atoms with Crippen molar-refractivity contribution >= 4 is 16.7 Å². The molecule has 5 nitrogen and oxygen atoms in total. The van der Waals surface area contributed by atoms with Crippen molar-refractivity contribution in [2.75, 3.05) is 21.3 Å². The molecule has 2 aromatic carbocycles. The third kappa shape index (κ3) is 3.62. The molecule has 0 aliphatic carbocycles. The molecule has 0 aliphatic heterocycles. The molecule has 0 aliphatic rings. The molecule has 1 aromatic heterocycles. The first-order valence-electron chi connectivity index (χ1n) is 9.52. The fraction of sp³-hybridized carbons (Fsp3) is 0.348. The maximum atomic E-state index is 13.3. The molecule has 1 heterocycles. The Morgan fingerprint density at radius 1 is 1.11 bits per heavy atom. The number of aromatic amines is 1. The monoisotopic (exact) mass is 381 g/mol. The molecule has 0 amide bonds. The number of aryl methyl sites for hydroxylation is 2. The van der Waals surface area contributed by atoms with Crippen LogP contribution in [-0.2, 0) is 6.54 Å². The van der Waals surface area contributed by atoms with Crippen LogP contribution in [0, 0.1) is 13.8 Å². The number of carbonyl (C=O) groups excluding carboxylic acids is 1. The summed E-state index contributed by atoms with van der Waals surface area (Å²) < 4.78 is 10.8. The number of nitrogens with one attached hydrogen (secondary N) is 2. The van der Waals surface area contributed by atoms with Crippen LogP contribution in [0.4, 0.5) is 0 Å². The van der Waals surface area contributed by atoms with E-state index in [1.165, 1.54) is 0 Å². The van der Waals surface area contributed by atoms with Gasteiger partial charge >= 0.3 is 0 Å². The van der Waals surface area contributed by atoms with E-state index in [0.717, 1.165) is 50.5 Å². The molecule has 0 saturated carbocycles. The summed E-state index contributed by atoms with van der Waals surface area (Å²) in [6, 6.07) is 11.8. The maximum Gasteiger partial charge on any atom is 0.222 e. The first kappa shape index (κ1) is 20.0. The largest absolute Gasteiger partial charge is 0.493 e. The molecule has 0 spiro atoms. The Kier molecular flexibility index (Phi) is 5.75. The van der Waals surface area contributed by atoms with Gasteiger partial charge in [-0.1, -0.05) is 18.2 Å². The molecule has 1 unspecified atom stereocenters. The van der Waals surface area contributed by atoms with Crippen molar-refractivity contribution in [3.05, 3.63) is 58.8 Å². The van der Waals surface area contributed by atoms with Gasteiger partial charge in [0.1, 0.15) is 12.6 Å². The van der Waals surface area contributed by atoms with Gasteiger partial charge in [0, 0.05) is 22.2 Å². The zero-order valence-electron chi connectivity index (χ0n) is 17.5. The topological polar surface area (TPSA) is 55.8 Å². The van der Waals surface area contributed by atoms with Crippen LogP contribution in [0.2, 0.25) is 0 Å². The fourth-order valence-electron chi connectivity index (χ4n) is 3.70. The van der Waals surface area contributed by atoms with Gasteiger partial charge in [-0.2, -0.15) is 0 Å². The Balaban J connectivity index is 1.85. The van der Waals surface area contributed by atoms with E-state index >= 15 is 0 Å². The summed E-state index contributed by atoms with van der Waals surface area (Å²) in [6.45, 7) is 6.74. The van der Waals surface area contributed by atoms with Gasteiger partial charge in [0.05, 0.1) is 26.8 Å². The quantitative estimate of drug-likeness (QED) is 0.619. The first-order valence-corrected chi connectivity index (χ1v) is 9.52. The number of H-pyrrole nitrogens is 1. The average Bonchev–Trinajstić information content (AvgIpc) is 3.03. The molecule has 28 heavy (non-hydrogen) atoms. The lowest BCUT2D eigenvalue weighted by Crippen LogP contribution is -3.12. The number of Topliss-reactive ketones (excluding diaryl/α,β-unsaturated/α-hetero) is 1. The summed E-state index contributed by atoms with van der Waals surface area (Å²) in [4.78, 5) is 17.8. The molecular weight excluding hydrogens is 352 g/mol. The molecule has 3 aromatic rings. The molecule has 0 fully saturated rings. The summed E-state index contributed by atoms with van der Waals surface area (Å²) >= 11 is 0. The number of carbonyl (C=O) groups is 1. The Labute approximate surface area is 166 Å². The number of rotatable bonds is 7. The van der Waals surface area contributed by atoms with Crippen molar-refractivity contribution in [1.29, 1.82) is 0 Å². The number of methoxy groups -OCH3 is 2. The third-order valence-corrected chi connectivity index (χ3v) is 5.58. The number of quaternary nitrogens is 1. The number of hydrogen-bond donors (Lipinski definition) is 2. The molecule has 0 bridgehead atoms. The van der Waals surface area contributed by atoms with E-state index in [4.69, 9.17) is 9.47 Å². The summed E-state index contributed by atoms with van der Waals surface area (Å²) in [6.07, 6.45) is 0. The van der Waals surface area contributed by atoms with Crippen molar-refractivity contribution in [2.24, 2.45) is 0 Å². The van der Waals surface area contributed by atoms with Crippen molar-refractivity contribution in [3.63, 3.8) is 0 Å². The lowest BCUT2D eigenvalue weighted by molar-refractivity contribution is -0.907. The van der Waals surface area contributed by atoms with Crippen molar-refractivity contribution < 1.29 is 19.2 Å². The molecule has 0 radical (unpaired) electrons. The Morgan fingerprint density at radius 3 is 2.43 bits per heavy atom. The van der Waals surface area contributed by atoms with E-state index in [0.29, 0.717) is 5.75 Å². The Morgan fingerprint density at radius 2 is 1.75 bits per heavy atom. The van der Waals surface area contributed by atoms with E-state index in [-0.39, 0.29) is 11.8 Å². The van der Waals surface area contributed by atoms with E-state index in [1.807, 2.05) is 50.2 Å². The van der Waals surface area contributed by atoms with Gasteiger partial charge in [0.15, 0.2) is 11.5 Å². The summed E-state index contributed by atoms with van der Waals surface area (Å²) in [7, 11) is 5.33. The van der Waals surface area contributed by atoms with E-state index < -0.39 is 0 Å². The molecule has 148 valence electrons. The lowest BCUT2D eigenvalue weighted by atomic mass is 10.00. The zero-order chi connectivity index (χ0) is 20.4. The van der Waals surface area contributed by atoms with Gasteiger partial charge in [-0.25, -0.2) is 0 Å². The second kappa shape index (κ2) is 8.07. The van der Waals surface area contributed by atoms with Gasteiger partial charge in [-0.3, -0.25) is 4.79 Å².